The number of aromatic nitrogens is 1. The van der Waals surface area contributed by atoms with Crippen molar-refractivity contribution in [3.8, 4) is 11.5 Å². The molecule has 1 aliphatic rings. The van der Waals surface area contributed by atoms with Gasteiger partial charge in [-0.05, 0) is 73.9 Å². The van der Waals surface area contributed by atoms with Crippen molar-refractivity contribution in [1.82, 2.24) is 4.57 Å². The number of hydrogen-bond acceptors (Lipinski definition) is 3. The Morgan fingerprint density at radius 3 is 2.77 bits per heavy atom. The summed E-state index contributed by atoms with van der Waals surface area (Å²) in [5, 5.41) is 1.15. The average molecular weight is 416 g/mol. The molecule has 0 saturated heterocycles. The fraction of sp³-hybridized carbons (Fsp3) is 0.296. The van der Waals surface area contributed by atoms with Gasteiger partial charge in [-0.2, -0.15) is 0 Å². The number of carbonyl (C=O) groups is 1. The third kappa shape index (κ3) is 4.43. The molecule has 0 spiro atoms. The molecular weight excluding hydrogens is 386 g/mol. The lowest BCUT2D eigenvalue weighted by atomic mass is 9.97. The van der Waals surface area contributed by atoms with Gasteiger partial charge in [0, 0.05) is 24.1 Å². The molecule has 31 heavy (non-hydrogen) atoms. The van der Waals surface area contributed by atoms with Gasteiger partial charge in [-0.25, -0.2) is 0 Å². The summed E-state index contributed by atoms with van der Waals surface area (Å²) in [7, 11) is 2.02. The van der Waals surface area contributed by atoms with Crippen molar-refractivity contribution in [2.75, 3.05) is 6.61 Å². The zero-order valence-electron chi connectivity index (χ0n) is 18.8. The first-order chi connectivity index (χ1) is 14.7. The highest BCUT2D eigenvalue weighted by Gasteiger charge is 2.28. The van der Waals surface area contributed by atoms with Crippen LogP contribution in [0.2, 0.25) is 0 Å². The number of carbonyl (C=O) groups excluding carboxylic acids is 1. The highest BCUT2D eigenvalue weighted by molar-refractivity contribution is 6.09. The van der Waals surface area contributed by atoms with Crippen LogP contribution in [0.5, 0.6) is 11.5 Å². The molecule has 160 valence electrons. The molecule has 0 saturated carbocycles. The smallest absolute Gasteiger partial charge is 0.189 e. The number of aryl methyl sites for hydroxylation is 1. The van der Waals surface area contributed by atoms with Gasteiger partial charge >= 0.3 is 0 Å². The molecule has 0 unspecified atom stereocenters. The SMILES string of the molecule is CC(C)COc1ccc(C(=O)/C=C/c2ccc3c(ccn3C)c2)c2c1C=CC(C)(C)O2. The van der Waals surface area contributed by atoms with Gasteiger partial charge in [-0.1, -0.05) is 26.0 Å². The standard InChI is InChI=1S/C27H29NO3/c1-18(2)17-30-25-11-8-21(26-22(25)12-14-27(3,4)31-26)24(29)10-7-19-6-9-23-20(16-19)13-15-28(23)5/h6-16,18H,17H2,1-5H3/b10-7+. The van der Waals surface area contributed by atoms with E-state index >= 15 is 0 Å². The minimum absolute atomic E-state index is 0.0917. The maximum absolute atomic E-state index is 13.1. The van der Waals surface area contributed by atoms with E-state index in [2.05, 4.69) is 36.6 Å². The Labute approximate surface area is 183 Å². The zero-order valence-corrected chi connectivity index (χ0v) is 18.8. The maximum atomic E-state index is 13.1. The van der Waals surface area contributed by atoms with Crippen LogP contribution in [0.1, 0.15) is 49.2 Å². The molecule has 1 aromatic heterocycles. The van der Waals surface area contributed by atoms with Crippen molar-refractivity contribution in [1.29, 1.82) is 0 Å². The summed E-state index contributed by atoms with van der Waals surface area (Å²) < 4.78 is 14.3. The summed E-state index contributed by atoms with van der Waals surface area (Å²) in [4.78, 5) is 13.1. The minimum Gasteiger partial charge on any atom is -0.493 e. The number of hydrogen-bond donors (Lipinski definition) is 0. The summed E-state index contributed by atoms with van der Waals surface area (Å²) in [5.74, 6) is 1.64. The first-order valence-electron chi connectivity index (χ1n) is 10.7. The average Bonchev–Trinajstić information content (AvgIpc) is 3.09. The second-order valence-electron chi connectivity index (χ2n) is 9.04. The summed E-state index contributed by atoms with van der Waals surface area (Å²) in [6.45, 7) is 8.79. The Hall–Kier alpha value is -3.27. The fourth-order valence-electron chi connectivity index (χ4n) is 3.67. The largest absolute Gasteiger partial charge is 0.493 e. The number of benzene rings is 2. The van der Waals surface area contributed by atoms with Crippen LogP contribution in [-0.4, -0.2) is 22.6 Å². The van der Waals surface area contributed by atoms with E-state index in [9.17, 15) is 4.79 Å². The zero-order chi connectivity index (χ0) is 22.2. The molecule has 0 atom stereocenters. The first kappa shape index (κ1) is 21.0. The van der Waals surface area contributed by atoms with E-state index in [1.165, 1.54) is 0 Å². The molecule has 0 bridgehead atoms. The predicted octanol–water partition coefficient (Wildman–Crippen LogP) is 6.29. The first-order valence-corrected chi connectivity index (χ1v) is 10.7. The van der Waals surface area contributed by atoms with Crippen LogP contribution in [0.4, 0.5) is 0 Å². The van der Waals surface area contributed by atoms with Gasteiger partial charge in [-0.15, -0.1) is 0 Å². The number of ketones is 1. The van der Waals surface area contributed by atoms with Crippen LogP contribution >= 0.6 is 0 Å². The molecule has 0 amide bonds. The molecular formula is C27H29NO3. The van der Waals surface area contributed by atoms with Gasteiger partial charge in [0.25, 0.3) is 0 Å². The van der Waals surface area contributed by atoms with E-state index < -0.39 is 5.60 Å². The number of nitrogens with zero attached hydrogens (tertiary/aromatic N) is 1. The van der Waals surface area contributed by atoms with Gasteiger partial charge in [0.05, 0.1) is 17.7 Å². The molecule has 3 aromatic rings. The number of fused-ring (bicyclic) bond motifs is 2. The second kappa shape index (κ2) is 8.10. The van der Waals surface area contributed by atoms with Crippen LogP contribution < -0.4 is 9.47 Å². The van der Waals surface area contributed by atoms with Crippen LogP contribution in [-0.2, 0) is 7.05 Å². The van der Waals surface area contributed by atoms with Crippen molar-refractivity contribution < 1.29 is 14.3 Å². The van der Waals surface area contributed by atoms with Gasteiger partial charge < -0.3 is 14.0 Å². The van der Waals surface area contributed by atoms with Crippen molar-refractivity contribution in [3.63, 3.8) is 0 Å². The van der Waals surface area contributed by atoms with Crippen molar-refractivity contribution in [3.05, 3.63) is 71.4 Å². The van der Waals surface area contributed by atoms with Gasteiger partial charge in [0.15, 0.2) is 5.78 Å². The number of allylic oxidation sites excluding steroid dienone is 1. The highest BCUT2D eigenvalue weighted by atomic mass is 16.5. The monoisotopic (exact) mass is 415 g/mol. The normalized spacial score (nSPS) is 14.8. The van der Waals surface area contributed by atoms with Crippen molar-refractivity contribution >= 4 is 28.8 Å². The topological polar surface area (TPSA) is 40.5 Å². The summed E-state index contributed by atoms with van der Waals surface area (Å²) in [5.41, 5.74) is 3.03. The Morgan fingerprint density at radius 1 is 1.19 bits per heavy atom. The van der Waals surface area contributed by atoms with Crippen LogP contribution in [0, 0.1) is 5.92 Å². The Morgan fingerprint density at radius 2 is 2.00 bits per heavy atom. The molecule has 2 heterocycles. The van der Waals surface area contributed by atoms with E-state index in [1.54, 1.807) is 12.1 Å². The molecule has 0 radical (unpaired) electrons. The fourth-order valence-corrected chi connectivity index (χ4v) is 3.67. The van der Waals surface area contributed by atoms with Crippen LogP contribution in [0.25, 0.3) is 23.1 Å². The molecule has 4 nitrogen and oxygen atoms in total. The Balaban J connectivity index is 1.65. The van der Waals surface area contributed by atoms with E-state index in [1.807, 2.05) is 57.5 Å². The Kier molecular flexibility index (Phi) is 5.48. The van der Waals surface area contributed by atoms with Crippen molar-refractivity contribution in [2.45, 2.75) is 33.3 Å². The maximum Gasteiger partial charge on any atom is 0.189 e. The predicted molar refractivity (Wildman–Crippen MR) is 127 cm³/mol. The van der Waals surface area contributed by atoms with Gasteiger partial charge in [0.2, 0.25) is 0 Å². The van der Waals surface area contributed by atoms with E-state index in [-0.39, 0.29) is 5.78 Å². The number of rotatable bonds is 6. The second-order valence-corrected chi connectivity index (χ2v) is 9.04. The van der Waals surface area contributed by atoms with E-state index in [0.717, 1.165) is 27.8 Å². The molecule has 0 fully saturated rings. The summed E-state index contributed by atoms with van der Waals surface area (Å²) >= 11 is 0. The van der Waals surface area contributed by atoms with E-state index in [4.69, 9.17) is 9.47 Å². The highest BCUT2D eigenvalue weighted by Crippen LogP contribution is 2.40. The molecule has 4 rings (SSSR count). The quantitative estimate of drug-likeness (QED) is 0.351. The summed E-state index contributed by atoms with van der Waals surface area (Å²) in [6, 6.07) is 11.9. The van der Waals surface area contributed by atoms with Crippen LogP contribution in [0.3, 0.4) is 0 Å². The molecule has 1 aliphatic heterocycles. The van der Waals surface area contributed by atoms with E-state index in [0.29, 0.717) is 23.8 Å². The molecule has 4 heteroatoms. The minimum atomic E-state index is -0.485. The third-order valence-corrected chi connectivity index (χ3v) is 5.35. The molecule has 2 aromatic carbocycles. The third-order valence-electron chi connectivity index (χ3n) is 5.35. The Bertz CT molecular complexity index is 1190. The lowest BCUT2D eigenvalue weighted by Crippen LogP contribution is -2.28. The van der Waals surface area contributed by atoms with Gasteiger partial charge in [-0.3, -0.25) is 4.79 Å². The van der Waals surface area contributed by atoms with Gasteiger partial charge in [0.1, 0.15) is 17.1 Å². The lowest BCUT2D eigenvalue weighted by molar-refractivity contribution is 0.103. The molecule has 0 aliphatic carbocycles. The summed E-state index contributed by atoms with van der Waals surface area (Å²) in [6.07, 6.45) is 9.50. The van der Waals surface area contributed by atoms with Crippen molar-refractivity contribution in [2.24, 2.45) is 13.0 Å². The van der Waals surface area contributed by atoms with Crippen LogP contribution in [0.15, 0.2) is 54.7 Å². The molecule has 0 N–H and O–H groups in total. The lowest BCUT2D eigenvalue weighted by Gasteiger charge is -2.30. The number of ether oxygens (including phenoxy) is 2.